The maximum atomic E-state index is 11.0. The Morgan fingerprint density at radius 3 is 1.71 bits per heavy atom. The standard InChI is InChI=1S/C9H11O3P.C8H8/c1-2-9(13(10,11)12)8-6-4-3-5-7-8;1-2-8-6-4-3-5-7-8/h2-7,9H,1H2,(H2,10,11,12);2-7H,1H2. The van der Waals surface area contributed by atoms with E-state index in [1.54, 1.807) is 30.3 Å². The first kappa shape index (κ1) is 17.1. The van der Waals surface area contributed by atoms with E-state index >= 15 is 0 Å². The van der Waals surface area contributed by atoms with Crippen LogP contribution >= 0.6 is 7.60 Å². The van der Waals surface area contributed by atoms with Crippen molar-refractivity contribution in [2.24, 2.45) is 0 Å². The first-order valence-electron chi connectivity index (χ1n) is 6.39. The fourth-order valence-corrected chi connectivity index (χ4v) is 2.54. The van der Waals surface area contributed by atoms with Crippen molar-refractivity contribution < 1.29 is 14.4 Å². The first-order valence-corrected chi connectivity index (χ1v) is 8.07. The zero-order valence-electron chi connectivity index (χ0n) is 11.7. The van der Waals surface area contributed by atoms with Gasteiger partial charge in [0.15, 0.2) is 0 Å². The smallest absolute Gasteiger partial charge is 0.324 e. The SMILES string of the molecule is C=CC(c1ccccc1)P(=O)(O)O.C=Cc1ccccc1. The highest BCUT2D eigenvalue weighted by Gasteiger charge is 2.26. The van der Waals surface area contributed by atoms with Crippen LogP contribution in [0.5, 0.6) is 0 Å². The van der Waals surface area contributed by atoms with Crippen molar-refractivity contribution in [1.82, 2.24) is 0 Å². The van der Waals surface area contributed by atoms with Gasteiger partial charge in [0.25, 0.3) is 0 Å². The molecule has 2 aromatic rings. The maximum absolute atomic E-state index is 11.0. The summed E-state index contributed by atoms with van der Waals surface area (Å²) in [6.07, 6.45) is 3.11. The van der Waals surface area contributed by atoms with Crippen LogP contribution in [0.15, 0.2) is 79.9 Å². The summed E-state index contributed by atoms with van der Waals surface area (Å²) in [5.74, 6) is 0. The van der Waals surface area contributed by atoms with Crippen molar-refractivity contribution in [3.8, 4) is 0 Å². The zero-order valence-corrected chi connectivity index (χ0v) is 12.6. The Kier molecular flexibility index (Phi) is 6.83. The topological polar surface area (TPSA) is 57.5 Å². The van der Waals surface area contributed by atoms with E-state index in [4.69, 9.17) is 9.79 Å². The number of benzene rings is 2. The number of allylic oxidation sites excluding steroid dienone is 1. The molecule has 110 valence electrons. The van der Waals surface area contributed by atoms with Crippen molar-refractivity contribution >= 4 is 13.7 Å². The molecule has 0 aliphatic carbocycles. The van der Waals surface area contributed by atoms with Gasteiger partial charge in [0.1, 0.15) is 5.66 Å². The molecular formula is C17H19O3P. The molecule has 0 radical (unpaired) electrons. The molecule has 2 N–H and O–H groups in total. The van der Waals surface area contributed by atoms with Gasteiger partial charge in [-0.2, -0.15) is 0 Å². The van der Waals surface area contributed by atoms with E-state index in [0.29, 0.717) is 5.56 Å². The second-order valence-corrected chi connectivity index (χ2v) is 6.03. The molecule has 0 saturated heterocycles. The van der Waals surface area contributed by atoms with Gasteiger partial charge < -0.3 is 9.79 Å². The third-order valence-corrected chi connectivity index (χ3v) is 4.00. The normalized spacial score (nSPS) is 11.7. The largest absolute Gasteiger partial charge is 0.336 e. The van der Waals surface area contributed by atoms with Gasteiger partial charge in [-0.05, 0) is 11.1 Å². The lowest BCUT2D eigenvalue weighted by atomic mass is 10.1. The van der Waals surface area contributed by atoms with Gasteiger partial charge in [-0.1, -0.05) is 79.4 Å². The second kappa shape index (κ2) is 8.38. The predicted octanol–water partition coefficient (Wildman–Crippen LogP) is 4.42. The maximum Gasteiger partial charge on any atom is 0.336 e. The minimum absolute atomic E-state index is 0.589. The van der Waals surface area contributed by atoms with E-state index in [9.17, 15) is 4.57 Å². The van der Waals surface area contributed by atoms with E-state index in [0.717, 1.165) is 0 Å². The van der Waals surface area contributed by atoms with Gasteiger partial charge in [0.05, 0.1) is 0 Å². The molecule has 0 aromatic heterocycles. The van der Waals surface area contributed by atoms with Crippen LogP contribution in [0.1, 0.15) is 16.8 Å². The average molecular weight is 302 g/mol. The second-order valence-electron chi connectivity index (χ2n) is 4.30. The molecule has 2 aromatic carbocycles. The molecule has 0 spiro atoms. The lowest BCUT2D eigenvalue weighted by Gasteiger charge is -2.13. The van der Waals surface area contributed by atoms with Gasteiger partial charge >= 0.3 is 7.60 Å². The highest BCUT2D eigenvalue weighted by atomic mass is 31.2. The van der Waals surface area contributed by atoms with Gasteiger partial charge in [0, 0.05) is 0 Å². The summed E-state index contributed by atoms with van der Waals surface area (Å²) < 4.78 is 11.0. The summed E-state index contributed by atoms with van der Waals surface area (Å²) in [6, 6.07) is 18.6. The molecule has 1 unspecified atom stereocenters. The average Bonchev–Trinajstić information content (AvgIpc) is 2.49. The molecule has 1 atom stereocenters. The van der Waals surface area contributed by atoms with Gasteiger partial charge in [-0.25, -0.2) is 0 Å². The summed E-state index contributed by atoms with van der Waals surface area (Å²) >= 11 is 0. The fraction of sp³-hybridized carbons (Fsp3) is 0.0588. The minimum atomic E-state index is -4.12. The first-order chi connectivity index (χ1) is 9.99. The van der Waals surface area contributed by atoms with Crippen LogP contribution in [0.3, 0.4) is 0 Å². The van der Waals surface area contributed by atoms with E-state index in [-0.39, 0.29) is 0 Å². The zero-order chi connectivity index (χ0) is 15.7. The van der Waals surface area contributed by atoms with Crippen LogP contribution in [-0.4, -0.2) is 9.79 Å². The lowest BCUT2D eigenvalue weighted by molar-refractivity contribution is 0.366. The number of hydrogen-bond donors (Lipinski definition) is 2. The van der Waals surface area contributed by atoms with E-state index in [1.165, 1.54) is 11.6 Å². The van der Waals surface area contributed by atoms with Gasteiger partial charge in [-0.3, -0.25) is 4.57 Å². The molecule has 0 saturated carbocycles. The molecular weight excluding hydrogens is 283 g/mol. The van der Waals surface area contributed by atoms with Crippen LogP contribution in [0.4, 0.5) is 0 Å². The summed E-state index contributed by atoms with van der Waals surface area (Å²) in [7, 11) is -4.12. The third kappa shape index (κ3) is 5.92. The van der Waals surface area contributed by atoms with Crippen molar-refractivity contribution in [2.75, 3.05) is 0 Å². The molecule has 21 heavy (non-hydrogen) atoms. The van der Waals surface area contributed by atoms with Crippen LogP contribution in [-0.2, 0) is 4.57 Å². The highest BCUT2D eigenvalue weighted by molar-refractivity contribution is 7.52. The van der Waals surface area contributed by atoms with Crippen LogP contribution in [0, 0.1) is 0 Å². The summed E-state index contributed by atoms with van der Waals surface area (Å²) in [4.78, 5) is 17.9. The van der Waals surface area contributed by atoms with Crippen molar-refractivity contribution in [3.63, 3.8) is 0 Å². The van der Waals surface area contributed by atoms with Crippen molar-refractivity contribution in [1.29, 1.82) is 0 Å². The summed E-state index contributed by atoms with van der Waals surface area (Å²) in [5.41, 5.74) is 0.868. The van der Waals surface area contributed by atoms with Crippen molar-refractivity contribution in [3.05, 3.63) is 91.0 Å². The predicted molar refractivity (Wildman–Crippen MR) is 88.0 cm³/mol. The molecule has 0 fully saturated rings. The van der Waals surface area contributed by atoms with E-state index in [2.05, 4.69) is 13.2 Å². The quantitative estimate of drug-likeness (QED) is 0.649. The fourth-order valence-electron chi connectivity index (χ4n) is 1.71. The van der Waals surface area contributed by atoms with Crippen molar-refractivity contribution in [2.45, 2.75) is 5.66 Å². The van der Waals surface area contributed by atoms with Crippen LogP contribution < -0.4 is 0 Å². The molecule has 0 aliphatic rings. The molecule has 2 rings (SSSR count). The number of hydrogen-bond acceptors (Lipinski definition) is 1. The Labute approximate surface area is 125 Å². The van der Waals surface area contributed by atoms with Gasteiger partial charge in [0.2, 0.25) is 0 Å². The Morgan fingerprint density at radius 2 is 1.38 bits per heavy atom. The summed E-state index contributed by atoms with van der Waals surface area (Å²) in [5, 5.41) is 0. The Hall–Kier alpha value is -1.93. The molecule has 0 bridgehead atoms. The van der Waals surface area contributed by atoms with Gasteiger partial charge in [-0.15, -0.1) is 6.58 Å². The number of rotatable bonds is 4. The third-order valence-electron chi connectivity index (χ3n) is 2.76. The summed E-state index contributed by atoms with van der Waals surface area (Å²) in [6.45, 7) is 7.04. The molecule has 4 heteroatoms. The molecule has 0 aliphatic heterocycles. The van der Waals surface area contributed by atoms with Crippen LogP contribution in [0.2, 0.25) is 0 Å². The molecule has 0 amide bonds. The monoisotopic (exact) mass is 302 g/mol. The van der Waals surface area contributed by atoms with E-state index < -0.39 is 13.3 Å². The lowest BCUT2D eigenvalue weighted by Crippen LogP contribution is -1.95. The molecule has 0 heterocycles. The Balaban J connectivity index is 0.000000235. The minimum Gasteiger partial charge on any atom is -0.324 e. The Morgan fingerprint density at radius 1 is 0.905 bits per heavy atom. The highest BCUT2D eigenvalue weighted by Crippen LogP contribution is 2.52. The van der Waals surface area contributed by atoms with Crippen LogP contribution in [0.25, 0.3) is 6.08 Å². The van der Waals surface area contributed by atoms with E-state index in [1.807, 2.05) is 36.4 Å². The molecule has 3 nitrogen and oxygen atoms in total. The Bertz CT molecular complexity index is 602.